The van der Waals surface area contributed by atoms with E-state index in [-0.39, 0.29) is 11.5 Å². The first-order valence-electron chi connectivity index (χ1n) is 5.36. The standard InChI is InChI=1S/C12H14BrNO4/c1-18-6-2-3-11(15)14-10-7-8(13)4-5-9(10)12(16)17/h4-5,7H,2-3,6H2,1H3,(H,14,15)(H,16,17). The molecule has 0 fully saturated rings. The molecule has 0 atom stereocenters. The number of carboxylic acid groups (broad SMARTS) is 1. The van der Waals surface area contributed by atoms with Crippen LogP contribution >= 0.6 is 15.9 Å². The molecule has 0 aliphatic carbocycles. The number of hydrogen-bond donors (Lipinski definition) is 2. The number of hydrogen-bond acceptors (Lipinski definition) is 3. The number of benzene rings is 1. The maximum Gasteiger partial charge on any atom is 0.337 e. The molecule has 5 nitrogen and oxygen atoms in total. The van der Waals surface area contributed by atoms with Gasteiger partial charge in [-0.1, -0.05) is 15.9 Å². The fourth-order valence-electron chi connectivity index (χ4n) is 1.40. The molecular formula is C12H14BrNO4. The molecule has 2 N–H and O–H groups in total. The van der Waals surface area contributed by atoms with Crippen LogP contribution in [0.15, 0.2) is 22.7 Å². The summed E-state index contributed by atoms with van der Waals surface area (Å²) in [4.78, 5) is 22.6. The van der Waals surface area contributed by atoms with Crippen LogP contribution in [0.3, 0.4) is 0 Å². The number of halogens is 1. The summed E-state index contributed by atoms with van der Waals surface area (Å²) in [6, 6.07) is 4.62. The van der Waals surface area contributed by atoms with Crippen LogP contribution in [0.2, 0.25) is 0 Å². The van der Waals surface area contributed by atoms with Crippen molar-refractivity contribution in [2.45, 2.75) is 12.8 Å². The van der Waals surface area contributed by atoms with Gasteiger partial charge in [0, 0.05) is 24.6 Å². The van der Waals surface area contributed by atoms with Crippen molar-refractivity contribution in [2.24, 2.45) is 0 Å². The largest absolute Gasteiger partial charge is 0.478 e. The maximum atomic E-state index is 11.6. The lowest BCUT2D eigenvalue weighted by molar-refractivity contribution is -0.116. The predicted molar refractivity (Wildman–Crippen MR) is 70.8 cm³/mol. The lowest BCUT2D eigenvalue weighted by Gasteiger charge is -2.08. The van der Waals surface area contributed by atoms with Crippen LogP contribution in [0.5, 0.6) is 0 Å². The Morgan fingerprint density at radius 1 is 1.44 bits per heavy atom. The van der Waals surface area contributed by atoms with E-state index in [4.69, 9.17) is 9.84 Å². The zero-order chi connectivity index (χ0) is 13.5. The zero-order valence-electron chi connectivity index (χ0n) is 9.90. The van der Waals surface area contributed by atoms with Gasteiger partial charge in [-0.2, -0.15) is 0 Å². The number of nitrogens with one attached hydrogen (secondary N) is 1. The van der Waals surface area contributed by atoms with Gasteiger partial charge >= 0.3 is 5.97 Å². The van der Waals surface area contributed by atoms with Gasteiger partial charge in [-0.3, -0.25) is 4.79 Å². The third-order valence-corrected chi connectivity index (χ3v) is 2.73. The lowest BCUT2D eigenvalue weighted by atomic mass is 10.1. The molecule has 98 valence electrons. The second-order valence-electron chi connectivity index (χ2n) is 3.64. The lowest BCUT2D eigenvalue weighted by Crippen LogP contribution is -2.15. The summed E-state index contributed by atoms with van der Waals surface area (Å²) in [6.45, 7) is 0.498. The molecule has 1 aromatic rings. The first-order chi connectivity index (χ1) is 8.54. The summed E-state index contributed by atoms with van der Waals surface area (Å²) < 4.78 is 5.55. The average Bonchev–Trinajstić information content (AvgIpc) is 2.29. The second-order valence-corrected chi connectivity index (χ2v) is 4.56. The molecule has 6 heteroatoms. The molecule has 0 aliphatic rings. The van der Waals surface area contributed by atoms with Crippen molar-refractivity contribution in [3.8, 4) is 0 Å². The van der Waals surface area contributed by atoms with E-state index < -0.39 is 5.97 Å². The first kappa shape index (κ1) is 14.7. The quantitative estimate of drug-likeness (QED) is 0.791. The molecule has 0 aromatic heterocycles. The number of rotatable bonds is 6. The molecular weight excluding hydrogens is 302 g/mol. The van der Waals surface area contributed by atoms with Crippen molar-refractivity contribution in [3.63, 3.8) is 0 Å². The maximum absolute atomic E-state index is 11.6. The number of anilines is 1. The van der Waals surface area contributed by atoms with Crippen LogP contribution in [0.1, 0.15) is 23.2 Å². The minimum atomic E-state index is -1.07. The zero-order valence-corrected chi connectivity index (χ0v) is 11.5. The number of carbonyl (C=O) groups excluding carboxylic acids is 1. The van der Waals surface area contributed by atoms with Crippen LogP contribution in [-0.4, -0.2) is 30.7 Å². The normalized spacial score (nSPS) is 10.1. The van der Waals surface area contributed by atoms with Crippen LogP contribution in [-0.2, 0) is 9.53 Å². The summed E-state index contributed by atoms with van der Waals surface area (Å²) in [5, 5.41) is 11.6. The van der Waals surface area contributed by atoms with Gasteiger partial charge in [-0.15, -0.1) is 0 Å². The number of carbonyl (C=O) groups is 2. The minimum Gasteiger partial charge on any atom is -0.478 e. The second kappa shape index (κ2) is 7.13. The fraction of sp³-hybridized carbons (Fsp3) is 0.333. The molecule has 0 saturated carbocycles. The average molecular weight is 316 g/mol. The van der Waals surface area contributed by atoms with Gasteiger partial charge in [0.2, 0.25) is 5.91 Å². The first-order valence-corrected chi connectivity index (χ1v) is 6.15. The Morgan fingerprint density at radius 2 is 2.17 bits per heavy atom. The van der Waals surface area contributed by atoms with Crippen molar-refractivity contribution in [1.29, 1.82) is 0 Å². The molecule has 0 bridgehead atoms. The molecule has 18 heavy (non-hydrogen) atoms. The van der Waals surface area contributed by atoms with E-state index in [1.54, 1.807) is 19.2 Å². The van der Waals surface area contributed by atoms with E-state index in [0.717, 1.165) is 0 Å². The van der Waals surface area contributed by atoms with Crippen molar-refractivity contribution in [2.75, 3.05) is 19.0 Å². The third kappa shape index (κ3) is 4.46. The van der Waals surface area contributed by atoms with Gasteiger partial charge in [-0.25, -0.2) is 4.79 Å². The molecule has 0 heterocycles. The van der Waals surface area contributed by atoms with Crippen LogP contribution < -0.4 is 5.32 Å². The number of methoxy groups -OCH3 is 1. The molecule has 1 aromatic carbocycles. The van der Waals surface area contributed by atoms with Gasteiger partial charge in [0.05, 0.1) is 11.3 Å². The molecule has 1 amide bonds. The highest BCUT2D eigenvalue weighted by Crippen LogP contribution is 2.21. The number of carboxylic acids is 1. The van der Waals surface area contributed by atoms with Crippen molar-refractivity contribution in [1.82, 2.24) is 0 Å². The highest BCUT2D eigenvalue weighted by molar-refractivity contribution is 9.10. The highest BCUT2D eigenvalue weighted by atomic mass is 79.9. The summed E-state index contributed by atoms with van der Waals surface area (Å²) in [7, 11) is 1.56. The van der Waals surface area contributed by atoms with Gasteiger partial charge in [0.25, 0.3) is 0 Å². The topological polar surface area (TPSA) is 75.6 Å². The Hall–Kier alpha value is -1.40. The Morgan fingerprint density at radius 3 is 2.78 bits per heavy atom. The molecule has 0 spiro atoms. The Bertz CT molecular complexity index is 448. The Kier molecular flexibility index (Phi) is 5.80. The van der Waals surface area contributed by atoms with E-state index >= 15 is 0 Å². The number of aromatic carboxylic acids is 1. The monoisotopic (exact) mass is 315 g/mol. The Balaban J connectivity index is 2.73. The van der Waals surface area contributed by atoms with Gasteiger partial charge < -0.3 is 15.2 Å². The van der Waals surface area contributed by atoms with E-state index in [2.05, 4.69) is 21.2 Å². The Labute approximate surface area is 113 Å². The fourth-order valence-corrected chi connectivity index (χ4v) is 1.76. The van der Waals surface area contributed by atoms with Crippen molar-refractivity contribution >= 4 is 33.5 Å². The van der Waals surface area contributed by atoms with E-state index in [9.17, 15) is 9.59 Å². The summed E-state index contributed by atoms with van der Waals surface area (Å²) >= 11 is 3.23. The van der Waals surface area contributed by atoms with E-state index in [0.29, 0.717) is 29.6 Å². The van der Waals surface area contributed by atoms with Crippen LogP contribution in [0.25, 0.3) is 0 Å². The number of ether oxygens (including phenoxy) is 1. The molecule has 1 rings (SSSR count). The van der Waals surface area contributed by atoms with Gasteiger partial charge in [0.1, 0.15) is 0 Å². The van der Waals surface area contributed by atoms with Gasteiger partial charge in [0.15, 0.2) is 0 Å². The smallest absolute Gasteiger partial charge is 0.337 e. The van der Waals surface area contributed by atoms with Crippen LogP contribution in [0.4, 0.5) is 5.69 Å². The predicted octanol–water partition coefficient (Wildman–Crippen LogP) is 2.51. The molecule has 0 radical (unpaired) electrons. The van der Waals surface area contributed by atoms with E-state index in [1.807, 2.05) is 0 Å². The van der Waals surface area contributed by atoms with Crippen molar-refractivity contribution in [3.05, 3.63) is 28.2 Å². The minimum absolute atomic E-state index is 0.0679. The SMILES string of the molecule is COCCCC(=O)Nc1cc(Br)ccc1C(=O)O. The molecule has 0 unspecified atom stereocenters. The number of amides is 1. The van der Waals surface area contributed by atoms with Gasteiger partial charge in [-0.05, 0) is 24.6 Å². The molecule has 0 aliphatic heterocycles. The summed E-state index contributed by atoms with van der Waals surface area (Å²) in [5.41, 5.74) is 0.359. The van der Waals surface area contributed by atoms with E-state index in [1.165, 1.54) is 6.07 Å². The molecule has 0 saturated heterocycles. The third-order valence-electron chi connectivity index (χ3n) is 2.24. The summed E-state index contributed by atoms with van der Waals surface area (Å²) in [6.07, 6.45) is 0.887. The summed E-state index contributed by atoms with van der Waals surface area (Å²) in [5.74, 6) is -1.30. The van der Waals surface area contributed by atoms with Crippen LogP contribution in [0, 0.1) is 0 Å². The van der Waals surface area contributed by atoms with Crippen molar-refractivity contribution < 1.29 is 19.4 Å². The highest BCUT2D eigenvalue weighted by Gasteiger charge is 2.12.